The van der Waals surface area contributed by atoms with E-state index in [2.05, 4.69) is 0 Å². The molecule has 4 heteroatoms. The van der Waals surface area contributed by atoms with Crippen LogP contribution in [0.2, 0.25) is 0 Å². The first kappa shape index (κ1) is 10.8. The van der Waals surface area contributed by atoms with Crippen LogP contribution in [0.1, 0.15) is 15.9 Å². The number of hydrogen-bond donors (Lipinski definition) is 0. The second-order valence-corrected chi connectivity index (χ2v) is 4.91. The normalized spacial score (nSPS) is 10.3. The van der Waals surface area contributed by atoms with Gasteiger partial charge in [0.15, 0.2) is 5.78 Å². The Kier molecular flexibility index (Phi) is 3.16. The van der Waals surface area contributed by atoms with Crippen LogP contribution in [0.3, 0.4) is 0 Å². The smallest absolute Gasteiger partial charge is 0.194 e. The average molecular weight is 332 g/mol. The van der Waals surface area contributed by atoms with Gasteiger partial charge in [0.25, 0.3) is 0 Å². The first-order valence-corrected chi connectivity index (χ1v) is 6.22. The molecule has 0 amide bonds. The number of carbonyl (C=O) groups excluding carboxylic acids is 1. The van der Waals surface area contributed by atoms with Crippen LogP contribution in [0.4, 0.5) is 4.39 Å². The summed E-state index contributed by atoms with van der Waals surface area (Å²) < 4.78 is 13.5. The van der Waals surface area contributed by atoms with Crippen LogP contribution in [0.25, 0.3) is 0 Å². The van der Waals surface area contributed by atoms with E-state index in [1.54, 1.807) is 11.4 Å². The third-order valence-corrected chi connectivity index (χ3v) is 3.53. The van der Waals surface area contributed by atoms with Crippen molar-refractivity contribution in [1.82, 2.24) is 0 Å². The molecule has 0 atom stereocenters. The van der Waals surface area contributed by atoms with Crippen molar-refractivity contribution >= 4 is 39.7 Å². The highest BCUT2D eigenvalue weighted by molar-refractivity contribution is 14.1. The van der Waals surface area contributed by atoms with Crippen LogP contribution in [0.15, 0.2) is 35.0 Å². The molecule has 0 aliphatic carbocycles. The Labute approximate surface area is 104 Å². The van der Waals surface area contributed by atoms with Gasteiger partial charge in [0.05, 0.1) is 0 Å². The molecule has 2 aromatic rings. The van der Waals surface area contributed by atoms with Crippen molar-refractivity contribution in [2.24, 2.45) is 0 Å². The number of rotatable bonds is 2. The van der Waals surface area contributed by atoms with Gasteiger partial charge in [0.1, 0.15) is 5.82 Å². The quantitative estimate of drug-likeness (QED) is 0.605. The Morgan fingerprint density at radius 1 is 1.33 bits per heavy atom. The van der Waals surface area contributed by atoms with Gasteiger partial charge in [-0.15, -0.1) is 0 Å². The molecule has 0 fully saturated rings. The second kappa shape index (κ2) is 4.40. The highest BCUT2D eigenvalue weighted by Gasteiger charge is 2.12. The fraction of sp³-hybridized carbons (Fsp3) is 0. The molecule has 1 aromatic heterocycles. The van der Waals surface area contributed by atoms with Gasteiger partial charge in [-0.2, -0.15) is 11.3 Å². The molecule has 0 N–H and O–H groups in total. The van der Waals surface area contributed by atoms with E-state index in [0.717, 1.165) is 0 Å². The number of ketones is 1. The van der Waals surface area contributed by atoms with Gasteiger partial charge in [-0.1, -0.05) is 0 Å². The summed E-state index contributed by atoms with van der Waals surface area (Å²) in [5, 5.41) is 3.64. The van der Waals surface area contributed by atoms with E-state index in [0.29, 0.717) is 14.7 Å². The molecule has 76 valence electrons. The van der Waals surface area contributed by atoms with Gasteiger partial charge < -0.3 is 0 Å². The minimum atomic E-state index is -0.318. The number of thiophene rings is 1. The molecular weight excluding hydrogens is 326 g/mol. The maximum Gasteiger partial charge on any atom is 0.194 e. The van der Waals surface area contributed by atoms with Gasteiger partial charge in [-0.25, -0.2) is 4.39 Å². The topological polar surface area (TPSA) is 17.1 Å². The molecule has 0 radical (unpaired) electrons. The van der Waals surface area contributed by atoms with E-state index in [4.69, 9.17) is 0 Å². The number of carbonyl (C=O) groups is 1. The molecule has 1 heterocycles. The minimum Gasteiger partial charge on any atom is -0.289 e. The first-order valence-electron chi connectivity index (χ1n) is 4.20. The lowest BCUT2D eigenvalue weighted by atomic mass is 10.1. The van der Waals surface area contributed by atoms with Gasteiger partial charge in [0.2, 0.25) is 0 Å². The van der Waals surface area contributed by atoms with E-state index >= 15 is 0 Å². The lowest BCUT2D eigenvalue weighted by Crippen LogP contribution is -2.02. The number of halogens is 2. The van der Waals surface area contributed by atoms with Crippen LogP contribution in [-0.2, 0) is 0 Å². The van der Waals surface area contributed by atoms with Gasteiger partial charge in [0, 0.05) is 20.1 Å². The number of benzene rings is 1. The largest absolute Gasteiger partial charge is 0.289 e. The fourth-order valence-electron chi connectivity index (χ4n) is 1.22. The van der Waals surface area contributed by atoms with E-state index in [9.17, 15) is 9.18 Å². The molecular formula is C11H6FIOS. The Morgan fingerprint density at radius 2 is 2.13 bits per heavy atom. The molecule has 0 aliphatic rings. The zero-order chi connectivity index (χ0) is 10.8. The Balaban J connectivity index is 2.42. The van der Waals surface area contributed by atoms with Gasteiger partial charge in [-0.3, -0.25) is 4.79 Å². The van der Waals surface area contributed by atoms with E-state index in [1.165, 1.54) is 29.5 Å². The zero-order valence-electron chi connectivity index (χ0n) is 7.54. The highest BCUT2D eigenvalue weighted by atomic mass is 127. The van der Waals surface area contributed by atoms with Crippen molar-refractivity contribution in [2.75, 3.05) is 0 Å². The van der Waals surface area contributed by atoms with Crippen molar-refractivity contribution < 1.29 is 9.18 Å². The third-order valence-electron chi connectivity index (χ3n) is 1.96. The molecule has 0 bridgehead atoms. The van der Waals surface area contributed by atoms with E-state index in [-0.39, 0.29) is 11.6 Å². The molecule has 1 nitrogen and oxygen atoms in total. The molecule has 15 heavy (non-hydrogen) atoms. The zero-order valence-corrected chi connectivity index (χ0v) is 10.5. The van der Waals surface area contributed by atoms with Crippen molar-refractivity contribution in [3.05, 3.63) is 55.5 Å². The predicted octanol–water partition coefficient (Wildman–Crippen LogP) is 3.72. The summed E-state index contributed by atoms with van der Waals surface area (Å²) in [6, 6.07) is 5.96. The molecule has 0 spiro atoms. The molecule has 0 saturated carbocycles. The molecule has 0 aliphatic heterocycles. The third kappa shape index (κ3) is 2.26. The van der Waals surface area contributed by atoms with Crippen molar-refractivity contribution in [3.63, 3.8) is 0 Å². The summed E-state index contributed by atoms with van der Waals surface area (Å²) in [5.41, 5.74) is 1.21. The van der Waals surface area contributed by atoms with E-state index < -0.39 is 0 Å². The minimum absolute atomic E-state index is 0.0550. The van der Waals surface area contributed by atoms with Crippen LogP contribution < -0.4 is 0 Å². The van der Waals surface area contributed by atoms with Crippen LogP contribution in [0.5, 0.6) is 0 Å². The average Bonchev–Trinajstić information content (AvgIpc) is 2.69. The summed E-state index contributed by atoms with van der Waals surface area (Å²) in [6.07, 6.45) is 0. The fourth-order valence-corrected chi connectivity index (χ4v) is 2.58. The maximum absolute atomic E-state index is 12.8. The lowest BCUT2D eigenvalue weighted by molar-refractivity contribution is 0.103. The first-order chi connectivity index (χ1) is 7.18. The number of hydrogen-bond acceptors (Lipinski definition) is 2. The predicted molar refractivity (Wildman–Crippen MR) is 66.9 cm³/mol. The summed E-state index contributed by atoms with van der Waals surface area (Å²) in [7, 11) is 0. The van der Waals surface area contributed by atoms with Crippen molar-refractivity contribution in [3.8, 4) is 0 Å². The van der Waals surface area contributed by atoms with Crippen molar-refractivity contribution in [2.45, 2.75) is 0 Å². The monoisotopic (exact) mass is 332 g/mol. The van der Waals surface area contributed by atoms with Gasteiger partial charge >= 0.3 is 0 Å². The van der Waals surface area contributed by atoms with Crippen LogP contribution >= 0.6 is 33.9 Å². The molecule has 1 aromatic carbocycles. The molecule has 0 unspecified atom stereocenters. The summed E-state index contributed by atoms with van der Waals surface area (Å²) in [5.74, 6) is -0.373. The standard InChI is InChI=1S/C11H6FIOS/c12-8-1-2-9(10(13)5-8)11(14)7-3-4-15-6-7/h1-6H. The Morgan fingerprint density at radius 3 is 2.73 bits per heavy atom. The highest BCUT2D eigenvalue weighted by Crippen LogP contribution is 2.19. The summed E-state index contributed by atoms with van der Waals surface area (Å²) in [6.45, 7) is 0. The van der Waals surface area contributed by atoms with Crippen LogP contribution in [-0.4, -0.2) is 5.78 Å². The molecule has 0 saturated heterocycles. The summed E-state index contributed by atoms with van der Waals surface area (Å²) >= 11 is 3.44. The van der Waals surface area contributed by atoms with Gasteiger partial charge in [-0.05, 0) is 52.2 Å². The Bertz CT molecular complexity index is 493. The van der Waals surface area contributed by atoms with E-state index in [1.807, 2.05) is 28.0 Å². The second-order valence-electron chi connectivity index (χ2n) is 2.97. The lowest BCUT2D eigenvalue weighted by Gasteiger charge is -2.01. The van der Waals surface area contributed by atoms with Crippen LogP contribution in [0, 0.1) is 9.39 Å². The SMILES string of the molecule is O=C(c1ccsc1)c1ccc(F)cc1I. The molecule has 2 rings (SSSR count). The summed E-state index contributed by atoms with van der Waals surface area (Å²) in [4.78, 5) is 11.9. The van der Waals surface area contributed by atoms with Crippen molar-refractivity contribution in [1.29, 1.82) is 0 Å². The Hall–Kier alpha value is -0.750. The maximum atomic E-state index is 12.8.